The van der Waals surface area contributed by atoms with Gasteiger partial charge in [0, 0.05) is 5.56 Å². The molecular weight excluding hydrogens is 319 g/mol. The normalized spacial score (nSPS) is 19.9. The standard InChI is InChI=1S/C14H8Cl2O3S/c15-10-6-5-8(7-11(10)16)14-13(17)9-3-1-2-4-12(9)20(14,18)19/h1-7,14H. The third kappa shape index (κ3) is 1.87. The molecule has 1 aliphatic rings. The van der Waals surface area contributed by atoms with E-state index in [9.17, 15) is 13.2 Å². The summed E-state index contributed by atoms with van der Waals surface area (Å²) in [7, 11) is -3.73. The van der Waals surface area contributed by atoms with Crippen molar-refractivity contribution in [2.24, 2.45) is 0 Å². The molecule has 2 aromatic carbocycles. The van der Waals surface area contributed by atoms with Crippen molar-refractivity contribution < 1.29 is 13.2 Å². The van der Waals surface area contributed by atoms with Gasteiger partial charge in [-0.1, -0.05) is 47.5 Å². The van der Waals surface area contributed by atoms with Gasteiger partial charge in [-0.2, -0.15) is 0 Å². The third-order valence-corrected chi connectivity index (χ3v) is 6.07. The van der Waals surface area contributed by atoms with Crippen LogP contribution >= 0.6 is 23.2 Å². The van der Waals surface area contributed by atoms with Crippen LogP contribution in [0.25, 0.3) is 0 Å². The second-order valence-corrected chi connectivity index (χ2v) is 7.27. The van der Waals surface area contributed by atoms with E-state index in [2.05, 4.69) is 0 Å². The summed E-state index contributed by atoms with van der Waals surface area (Å²) in [5, 5.41) is -0.700. The number of hydrogen-bond donors (Lipinski definition) is 0. The van der Waals surface area contributed by atoms with Crippen LogP contribution in [0.4, 0.5) is 0 Å². The van der Waals surface area contributed by atoms with Gasteiger partial charge in [0.15, 0.2) is 20.9 Å². The Labute approximate surface area is 126 Å². The largest absolute Gasteiger partial charge is 0.292 e. The molecule has 0 saturated carbocycles. The number of benzene rings is 2. The summed E-state index contributed by atoms with van der Waals surface area (Å²) in [6, 6.07) is 10.6. The van der Waals surface area contributed by atoms with Crippen LogP contribution in [0.2, 0.25) is 10.0 Å². The van der Waals surface area contributed by atoms with Gasteiger partial charge in [0.2, 0.25) is 0 Å². The molecule has 3 rings (SSSR count). The van der Waals surface area contributed by atoms with Crippen molar-refractivity contribution in [1.82, 2.24) is 0 Å². The predicted octanol–water partition coefficient (Wildman–Crippen LogP) is 3.70. The van der Waals surface area contributed by atoms with Gasteiger partial charge in [-0.05, 0) is 23.8 Å². The lowest BCUT2D eigenvalue weighted by atomic mass is 10.0. The van der Waals surface area contributed by atoms with Crippen molar-refractivity contribution in [2.75, 3.05) is 0 Å². The average molecular weight is 327 g/mol. The van der Waals surface area contributed by atoms with Gasteiger partial charge in [0.05, 0.1) is 14.9 Å². The Morgan fingerprint density at radius 3 is 2.30 bits per heavy atom. The summed E-state index contributed by atoms with van der Waals surface area (Å²) >= 11 is 11.7. The Bertz CT molecular complexity index is 828. The summed E-state index contributed by atoms with van der Waals surface area (Å²) in [6.45, 7) is 0. The maximum Gasteiger partial charge on any atom is 0.193 e. The number of sulfone groups is 1. The van der Waals surface area contributed by atoms with Crippen LogP contribution in [0.5, 0.6) is 0 Å². The number of fused-ring (bicyclic) bond motifs is 1. The average Bonchev–Trinajstić information content (AvgIpc) is 2.62. The first-order valence-corrected chi connectivity index (χ1v) is 8.05. The first kappa shape index (κ1) is 13.6. The van der Waals surface area contributed by atoms with Crippen LogP contribution < -0.4 is 0 Å². The fourth-order valence-electron chi connectivity index (χ4n) is 2.33. The monoisotopic (exact) mass is 326 g/mol. The molecule has 0 spiro atoms. The van der Waals surface area contributed by atoms with E-state index in [1.807, 2.05) is 0 Å². The molecule has 20 heavy (non-hydrogen) atoms. The number of rotatable bonds is 1. The van der Waals surface area contributed by atoms with E-state index >= 15 is 0 Å². The molecule has 1 atom stereocenters. The molecule has 0 saturated heterocycles. The Kier molecular flexibility index (Phi) is 3.12. The number of carbonyl (C=O) groups is 1. The molecule has 1 heterocycles. The van der Waals surface area contributed by atoms with Crippen LogP contribution in [-0.4, -0.2) is 14.2 Å². The molecule has 0 radical (unpaired) electrons. The van der Waals surface area contributed by atoms with E-state index in [0.717, 1.165) is 0 Å². The lowest BCUT2D eigenvalue weighted by Gasteiger charge is -2.09. The van der Waals surface area contributed by atoms with Crippen molar-refractivity contribution in [2.45, 2.75) is 10.1 Å². The second-order valence-electron chi connectivity index (χ2n) is 4.46. The first-order valence-electron chi connectivity index (χ1n) is 5.75. The minimum absolute atomic E-state index is 0.0704. The fraction of sp³-hybridized carbons (Fsp3) is 0.0714. The highest BCUT2D eigenvalue weighted by molar-refractivity contribution is 7.93. The van der Waals surface area contributed by atoms with Gasteiger partial charge in [-0.3, -0.25) is 4.79 Å². The van der Waals surface area contributed by atoms with Gasteiger partial charge in [0.25, 0.3) is 0 Å². The van der Waals surface area contributed by atoms with Gasteiger partial charge in [-0.25, -0.2) is 8.42 Å². The summed E-state index contributed by atoms with van der Waals surface area (Å²) in [5.74, 6) is -0.431. The molecule has 2 aromatic rings. The minimum Gasteiger partial charge on any atom is -0.292 e. The highest BCUT2D eigenvalue weighted by Gasteiger charge is 2.45. The van der Waals surface area contributed by atoms with Crippen LogP contribution in [-0.2, 0) is 9.84 Å². The van der Waals surface area contributed by atoms with Crippen LogP contribution in [0, 0.1) is 0 Å². The fourth-order valence-corrected chi connectivity index (χ4v) is 4.55. The molecule has 0 aliphatic carbocycles. The molecule has 102 valence electrons. The van der Waals surface area contributed by atoms with Gasteiger partial charge in [-0.15, -0.1) is 0 Å². The molecular formula is C14H8Cl2O3S. The van der Waals surface area contributed by atoms with E-state index in [0.29, 0.717) is 10.6 Å². The first-order chi connectivity index (χ1) is 9.43. The molecule has 0 aromatic heterocycles. The van der Waals surface area contributed by atoms with E-state index in [-0.39, 0.29) is 15.5 Å². The number of Topliss-reactive ketones (excluding diaryl/α,β-unsaturated/α-hetero) is 1. The smallest absolute Gasteiger partial charge is 0.193 e. The lowest BCUT2D eigenvalue weighted by Crippen LogP contribution is -2.13. The van der Waals surface area contributed by atoms with Crippen LogP contribution in [0.3, 0.4) is 0 Å². The second kappa shape index (κ2) is 4.58. The number of hydrogen-bond acceptors (Lipinski definition) is 3. The summed E-state index contributed by atoms with van der Waals surface area (Å²) in [5.41, 5.74) is 0.559. The van der Waals surface area contributed by atoms with Crippen molar-refractivity contribution in [3.8, 4) is 0 Å². The Hall–Kier alpha value is -1.36. The van der Waals surface area contributed by atoms with Gasteiger partial charge in [0.1, 0.15) is 0 Å². The SMILES string of the molecule is O=C1c2ccccc2S(=O)(=O)C1c1ccc(Cl)c(Cl)c1. The summed E-state index contributed by atoms with van der Waals surface area (Å²) < 4.78 is 25.0. The Morgan fingerprint density at radius 1 is 0.950 bits per heavy atom. The number of carbonyl (C=O) groups excluding carboxylic acids is 1. The van der Waals surface area contributed by atoms with E-state index in [1.165, 1.54) is 30.3 Å². The highest BCUT2D eigenvalue weighted by Crippen LogP contribution is 2.41. The zero-order chi connectivity index (χ0) is 14.5. The van der Waals surface area contributed by atoms with Gasteiger partial charge < -0.3 is 0 Å². The Balaban J connectivity index is 2.22. The van der Waals surface area contributed by atoms with Crippen molar-refractivity contribution in [3.05, 3.63) is 63.6 Å². The topological polar surface area (TPSA) is 51.2 Å². The van der Waals surface area contributed by atoms with E-state index < -0.39 is 20.9 Å². The molecule has 0 N–H and O–H groups in total. The molecule has 1 aliphatic heterocycles. The van der Waals surface area contributed by atoms with Crippen molar-refractivity contribution in [3.63, 3.8) is 0 Å². The van der Waals surface area contributed by atoms with Crippen molar-refractivity contribution in [1.29, 1.82) is 0 Å². The number of halogens is 2. The number of ketones is 1. The molecule has 6 heteroatoms. The summed E-state index contributed by atoms with van der Waals surface area (Å²) in [6.07, 6.45) is 0. The summed E-state index contributed by atoms with van der Waals surface area (Å²) in [4.78, 5) is 12.4. The maximum absolute atomic E-state index is 12.5. The quantitative estimate of drug-likeness (QED) is 0.802. The third-order valence-electron chi connectivity index (χ3n) is 3.25. The highest BCUT2D eigenvalue weighted by atomic mass is 35.5. The molecule has 3 nitrogen and oxygen atoms in total. The molecule has 0 fully saturated rings. The predicted molar refractivity (Wildman–Crippen MR) is 77.2 cm³/mol. The zero-order valence-corrected chi connectivity index (χ0v) is 12.3. The van der Waals surface area contributed by atoms with E-state index in [1.54, 1.807) is 12.1 Å². The lowest BCUT2D eigenvalue weighted by molar-refractivity contribution is 0.0990. The van der Waals surface area contributed by atoms with Gasteiger partial charge >= 0.3 is 0 Å². The van der Waals surface area contributed by atoms with Crippen LogP contribution in [0.15, 0.2) is 47.4 Å². The molecule has 0 bridgehead atoms. The molecule has 1 unspecified atom stereocenters. The van der Waals surface area contributed by atoms with Crippen molar-refractivity contribution >= 4 is 38.8 Å². The maximum atomic E-state index is 12.5. The van der Waals surface area contributed by atoms with E-state index in [4.69, 9.17) is 23.2 Å². The molecule has 0 amide bonds. The minimum atomic E-state index is -3.73. The zero-order valence-electron chi connectivity index (χ0n) is 10.0. The Morgan fingerprint density at radius 2 is 1.65 bits per heavy atom. The van der Waals surface area contributed by atoms with Crippen LogP contribution in [0.1, 0.15) is 21.2 Å².